The number of carbonyl (C=O) groups excluding carboxylic acids is 1. The molecule has 1 N–H and O–H groups in total. The van der Waals surface area contributed by atoms with Crippen LogP contribution in [0.2, 0.25) is 0 Å². The quantitative estimate of drug-likeness (QED) is 0.858. The molecule has 1 heterocycles. The number of hydrogen-bond donors (Lipinski definition) is 1. The molecule has 1 aliphatic rings. The fourth-order valence-electron chi connectivity index (χ4n) is 2.28. The predicted molar refractivity (Wildman–Crippen MR) is 89.2 cm³/mol. The highest BCUT2D eigenvalue weighted by molar-refractivity contribution is 6.62. The van der Waals surface area contributed by atoms with Gasteiger partial charge in [0.2, 0.25) is 0 Å². The highest BCUT2D eigenvalue weighted by Gasteiger charge is 2.52. The van der Waals surface area contributed by atoms with Crippen LogP contribution < -0.4 is 10.8 Å². The summed E-state index contributed by atoms with van der Waals surface area (Å²) in [4.78, 5) is 12.0. The molecule has 0 atom stereocenters. The summed E-state index contributed by atoms with van der Waals surface area (Å²) < 4.78 is 40.2. The Labute approximate surface area is 142 Å². The van der Waals surface area contributed by atoms with Crippen LogP contribution in [-0.2, 0) is 9.31 Å². The van der Waals surface area contributed by atoms with E-state index in [9.17, 15) is 13.6 Å². The summed E-state index contributed by atoms with van der Waals surface area (Å²) >= 11 is 0. The first kappa shape index (κ1) is 18.9. The lowest BCUT2D eigenvalue weighted by atomic mass is 9.78. The van der Waals surface area contributed by atoms with Gasteiger partial charge in [0.05, 0.1) is 16.8 Å². The maximum absolute atomic E-state index is 14.4. The number of benzene rings is 1. The van der Waals surface area contributed by atoms with Gasteiger partial charge in [-0.2, -0.15) is 0 Å². The zero-order valence-corrected chi connectivity index (χ0v) is 15.0. The largest absolute Gasteiger partial charge is 0.497 e. The van der Waals surface area contributed by atoms with E-state index in [0.29, 0.717) is 6.54 Å². The second-order valence-electron chi connectivity index (χ2n) is 7.55. The van der Waals surface area contributed by atoms with Crippen molar-refractivity contribution in [3.8, 4) is 0 Å². The van der Waals surface area contributed by atoms with Crippen LogP contribution in [0, 0.1) is 17.6 Å². The van der Waals surface area contributed by atoms with Crippen LogP contribution >= 0.6 is 0 Å². The number of amides is 1. The van der Waals surface area contributed by atoms with Gasteiger partial charge in [-0.05, 0) is 45.7 Å². The van der Waals surface area contributed by atoms with Crippen molar-refractivity contribution in [2.45, 2.75) is 52.7 Å². The predicted octanol–water partition coefficient (Wildman–Crippen LogP) is 2.65. The Hall–Kier alpha value is -1.47. The molecule has 0 unspecified atom stereocenters. The summed E-state index contributed by atoms with van der Waals surface area (Å²) in [6, 6.07) is 1.87. The lowest BCUT2D eigenvalue weighted by molar-refractivity contribution is 0.00578. The summed E-state index contributed by atoms with van der Waals surface area (Å²) in [6.07, 6.45) is 0. The maximum atomic E-state index is 14.4. The Morgan fingerprint density at radius 3 is 2.17 bits per heavy atom. The third kappa shape index (κ3) is 3.62. The van der Waals surface area contributed by atoms with E-state index in [-0.39, 0.29) is 16.9 Å². The van der Waals surface area contributed by atoms with Crippen molar-refractivity contribution < 1.29 is 22.9 Å². The summed E-state index contributed by atoms with van der Waals surface area (Å²) in [6.45, 7) is 11.5. The Bertz CT molecular complexity index is 631. The number of nitrogens with one attached hydrogen (secondary N) is 1. The van der Waals surface area contributed by atoms with Gasteiger partial charge < -0.3 is 14.6 Å². The Morgan fingerprint density at radius 2 is 1.67 bits per heavy atom. The molecule has 1 aromatic carbocycles. The fraction of sp³-hybridized carbons (Fsp3) is 0.588. The molecule has 7 heteroatoms. The summed E-state index contributed by atoms with van der Waals surface area (Å²) in [5, 5.41) is 2.57. The molecule has 0 radical (unpaired) electrons. The van der Waals surface area contributed by atoms with Gasteiger partial charge in [-0.3, -0.25) is 4.79 Å². The van der Waals surface area contributed by atoms with Crippen LogP contribution in [0.15, 0.2) is 12.1 Å². The first-order valence-electron chi connectivity index (χ1n) is 8.07. The normalized spacial score (nSPS) is 19.0. The number of carbonyl (C=O) groups is 1. The first-order chi connectivity index (χ1) is 10.9. The minimum atomic E-state index is -1.02. The average Bonchev–Trinajstić information content (AvgIpc) is 2.66. The van der Waals surface area contributed by atoms with Crippen LogP contribution in [0.4, 0.5) is 8.78 Å². The van der Waals surface area contributed by atoms with Crippen LogP contribution in [0.3, 0.4) is 0 Å². The minimum absolute atomic E-state index is 0.0495. The lowest BCUT2D eigenvalue weighted by Gasteiger charge is -2.32. The molecular formula is C17H24BF2NO3. The SMILES string of the molecule is CC(C)CNC(=O)c1cc(F)c(B2OC(C)(C)C(C)(C)O2)cc1F. The van der Waals surface area contributed by atoms with Gasteiger partial charge in [-0.15, -0.1) is 0 Å². The molecule has 132 valence electrons. The zero-order valence-electron chi connectivity index (χ0n) is 15.0. The van der Waals surface area contributed by atoms with Crippen LogP contribution in [0.5, 0.6) is 0 Å². The number of halogens is 2. The third-order valence-electron chi connectivity index (χ3n) is 4.51. The van der Waals surface area contributed by atoms with Gasteiger partial charge >= 0.3 is 7.12 Å². The van der Waals surface area contributed by atoms with Gasteiger partial charge in [0.1, 0.15) is 11.6 Å². The third-order valence-corrected chi connectivity index (χ3v) is 4.51. The number of hydrogen-bond acceptors (Lipinski definition) is 3. The molecule has 0 spiro atoms. The average molecular weight is 339 g/mol. The molecule has 1 amide bonds. The standard InChI is InChI=1S/C17H24BF2NO3/c1-10(2)9-21-15(22)11-7-14(20)12(8-13(11)19)18-23-16(3,4)17(5,6)24-18/h7-8,10H,9H2,1-6H3,(H,21,22). The fourth-order valence-corrected chi connectivity index (χ4v) is 2.28. The molecule has 4 nitrogen and oxygen atoms in total. The van der Waals surface area contributed by atoms with Crippen molar-refractivity contribution in [2.75, 3.05) is 6.54 Å². The topological polar surface area (TPSA) is 47.6 Å². The van der Waals surface area contributed by atoms with E-state index in [1.165, 1.54) is 0 Å². The highest BCUT2D eigenvalue weighted by Crippen LogP contribution is 2.36. The second-order valence-corrected chi connectivity index (χ2v) is 7.55. The van der Waals surface area contributed by atoms with Gasteiger partial charge in [0.25, 0.3) is 5.91 Å². The summed E-state index contributed by atoms with van der Waals surface area (Å²) in [5.41, 5.74) is -1.69. The van der Waals surface area contributed by atoms with E-state index in [4.69, 9.17) is 9.31 Å². The Morgan fingerprint density at radius 1 is 1.12 bits per heavy atom. The highest BCUT2D eigenvalue weighted by atomic mass is 19.1. The molecule has 0 aromatic heterocycles. The minimum Gasteiger partial charge on any atom is -0.399 e. The van der Waals surface area contributed by atoms with Crippen molar-refractivity contribution in [3.05, 3.63) is 29.3 Å². The second kappa shape index (κ2) is 6.45. The van der Waals surface area contributed by atoms with Gasteiger partial charge in [0.15, 0.2) is 0 Å². The Balaban J connectivity index is 2.26. The molecule has 2 rings (SSSR count). The maximum Gasteiger partial charge on any atom is 0.497 e. The molecule has 0 saturated carbocycles. The van der Waals surface area contributed by atoms with Crippen LogP contribution in [0.25, 0.3) is 0 Å². The molecule has 0 bridgehead atoms. The van der Waals surface area contributed by atoms with Crippen LogP contribution in [-0.4, -0.2) is 30.8 Å². The van der Waals surface area contributed by atoms with E-state index in [1.807, 2.05) is 41.5 Å². The van der Waals surface area contributed by atoms with Crippen molar-refractivity contribution >= 4 is 18.5 Å². The monoisotopic (exact) mass is 339 g/mol. The van der Waals surface area contributed by atoms with Crippen molar-refractivity contribution in [1.82, 2.24) is 5.32 Å². The van der Waals surface area contributed by atoms with E-state index in [0.717, 1.165) is 12.1 Å². The molecule has 1 saturated heterocycles. The molecule has 0 aliphatic carbocycles. The number of rotatable bonds is 4. The van der Waals surface area contributed by atoms with Crippen molar-refractivity contribution in [1.29, 1.82) is 0 Å². The summed E-state index contributed by atoms with van der Waals surface area (Å²) in [5.74, 6) is -1.96. The zero-order chi connectivity index (χ0) is 18.3. The molecule has 1 aromatic rings. The van der Waals surface area contributed by atoms with E-state index >= 15 is 0 Å². The van der Waals surface area contributed by atoms with Gasteiger partial charge in [-0.1, -0.05) is 13.8 Å². The molecule has 1 aliphatic heterocycles. The smallest absolute Gasteiger partial charge is 0.399 e. The van der Waals surface area contributed by atoms with Gasteiger partial charge in [0, 0.05) is 12.0 Å². The van der Waals surface area contributed by atoms with Gasteiger partial charge in [-0.25, -0.2) is 8.78 Å². The molecule has 1 fully saturated rings. The van der Waals surface area contributed by atoms with Crippen molar-refractivity contribution in [2.24, 2.45) is 5.92 Å². The van der Waals surface area contributed by atoms with E-state index in [1.54, 1.807) is 0 Å². The van der Waals surface area contributed by atoms with E-state index < -0.39 is 35.9 Å². The molecule has 24 heavy (non-hydrogen) atoms. The summed E-state index contributed by atoms with van der Waals surface area (Å²) in [7, 11) is -1.02. The van der Waals surface area contributed by atoms with Crippen molar-refractivity contribution in [3.63, 3.8) is 0 Å². The molecular weight excluding hydrogens is 315 g/mol. The lowest BCUT2D eigenvalue weighted by Crippen LogP contribution is -2.41. The first-order valence-corrected chi connectivity index (χ1v) is 8.07. The van der Waals surface area contributed by atoms with E-state index in [2.05, 4.69) is 5.32 Å². The Kier molecular flexibility index (Phi) is 5.07. The van der Waals surface area contributed by atoms with Crippen LogP contribution in [0.1, 0.15) is 51.9 Å².